The maximum Gasteiger partial charge on any atom is 0.254 e. The predicted molar refractivity (Wildman–Crippen MR) is 130 cm³/mol. The molecule has 1 amide bonds. The molecule has 1 aliphatic heterocycles. The van der Waals surface area contributed by atoms with Crippen molar-refractivity contribution in [1.29, 1.82) is 0 Å². The van der Waals surface area contributed by atoms with Crippen LogP contribution in [0.5, 0.6) is 5.75 Å². The first-order valence-electron chi connectivity index (χ1n) is 11.3. The van der Waals surface area contributed by atoms with Gasteiger partial charge in [-0.15, -0.1) is 11.3 Å². The Labute approximate surface area is 202 Å². The lowest BCUT2D eigenvalue weighted by Gasteiger charge is -2.31. The van der Waals surface area contributed by atoms with Crippen LogP contribution in [0, 0.1) is 6.92 Å². The van der Waals surface area contributed by atoms with Crippen LogP contribution in [0.3, 0.4) is 0 Å². The number of nitrogens with zero attached hydrogens (tertiary/aromatic N) is 4. The summed E-state index contributed by atoms with van der Waals surface area (Å²) < 4.78 is 11.3. The number of likely N-dealkylation sites (tertiary alicyclic amines) is 1. The fraction of sp³-hybridized carbons (Fsp3) is 0.308. The molecule has 7 nitrogen and oxygen atoms in total. The molecule has 1 saturated heterocycles. The average Bonchev–Trinajstić information content (AvgIpc) is 3.53. The lowest BCUT2D eigenvalue weighted by molar-refractivity contribution is 0.0698. The first kappa shape index (κ1) is 22.3. The molecule has 4 aromatic rings. The normalized spacial score (nSPS) is 15.9. The van der Waals surface area contributed by atoms with Crippen molar-refractivity contribution in [2.45, 2.75) is 32.1 Å². The zero-order valence-electron chi connectivity index (χ0n) is 19.2. The van der Waals surface area contributed by atoms with Gasteiger partial charge in [-0.25, -0.2) is 9.97 Å². The summed E-state index contributed by atoms with van der Waals surface area (Å²) in [6, 6.07) is 11.6. The van der Waals surface area contributed by atoms with E-state index in [0.29, 0.717) is 24.4 Å². The van der Waals surface area contributed by atoms with Gasteiger partial charge in [-0.1, -0.05) is 12.1 Å². The quantitative estimate of drug-likeness (QED) is 0.386. The zero-order chi connectivity index (χ0) is 23.5. The molecule has 0 N–H and O–H groups in total. The number of pyridine rings is 1. The van der Waals surface area contributed by atoms with E-state index < -0.39 is 0 Å². The molecule has 5 rings (SSSR count). The summed E-state index contributed by atoms with van der Waals surface area (Å²) in [6.07, 6.45) is 6.03. The Hall–Kier alpha value is -3.52. The number of oxazole rings is 1. The van der Waals surface area contributed by atoms with E-state index in [1.807, 2.05) is 42.2 Å². The highest BCUT2D eigenvalue weighted by Crippen LogP contribution is 2.30. The number of ether oxygens (including phenoxy) is 1. The monoisotopic (exact) mass is 474 g/mol. The smallest absolute Gasteiger partial charge is 0.254 e. The minimum Gasteiger partial charge on any atom is -0.497 e. The lowest BCUT2D eigenvalue weighted by Crippen LogP contribution is -2.39. The highest BCUT2D eigenvalue weighted by molar-refractivity contribution is 7.13. The van der Waals surface area contributed by atoms with Gasteiger partial charge in [0.15, 0.2) is 5.89 Å². The number of methoxy groups -OCH3 is 1. The molecule has 1 aliphatic rings. The van der Waals surface area contributed by atoms with E-state index in [1.54, 1.807) is 31.1 Å². The summed E-state index contributed by atoms with van der Waals surface area (Å²) in [5.74, 6) is 2.46. The summed E-state index contributed by atoms with van der Waals surface area (Å²) >= 11 is 1.54. The third-order valence-electron chi connectivity index (χ3n) is 6.15. The van der Waals surface area contributed by atoms with Gasteiger partial charge in [0.25, 0.3) is 5.91 Å². The molecule has 3 aromatic heterocycles. The zero-order valence-corrected chi connectivity index (χ0v) is 20.0. The highest BCUT2D eigenvalue weighted by atomic mass is 32.1. The molecule has 0 radical (unpaired) electrons. The van der Waals surface area contributed by atoms with Crippen molar-refractivity contribution in [3.05, 3.63) is 82.8 Å². The molecule has 1 fully saturated rings. The van der Waals surface area contributed by atoms with Crippen LogP contribution in [0.1, 0.15) is 52.0 Å². The van der Waals surface area contributed by atoms with Gasteiger partial charge >= 0.3 is 0 Å². The van der Waals surface area contributed by atoms with Crippen molar-refractivity contribution in [2.24, 2.45) is 0 Å². The summed E-state index contributed by atoms with van der Waals surface area (Å²) in [5.41, 5.74) is 5.29. The summed E-state index contributed by atoms with van der Waals surface area (Å²) in [4.78, 5) is 29.5. The van der Waals surface area contributed by atoms with Crippen LogP contribution in [-0.4, -0.2) is 46.0 Å². The molecule has 0 spiro atoms. The van der Waals surface area contributed by atoms with Crippen LogP contribution in [0.2, 0.25) is 0 Å². The van der Waals surface area contributed by atoms with Crippen molar-refractivity contribution in [3.8, 4) is 16.3 Å². The number of aromatic nitrogens is 3. The molecule has 0 bridgehead atoms. The van der Waals surface area contributed by atoms with Crippen molar-refractivity contribution < 1.29 is 13.9 Å². The molecule has 0 aliphatic carbocycles. The maximum absolute atomic E-state index is 13.3. The minimum atomic E-state index is 0.0144. The standard InChI is InChI=1S/C26H26N4O3S/c1-17-24(34-16-29-17)23-13-19(9-10-27-23)26(31)30-11-3-4-20(15-30)25-28-14-22(33-25)12-18-5-7-21(32-2)8-6-18/h5-10,13-14,16,20H,3-4,11-12,15H2,1-2H3/t20-/m1/s1. The number of carbonyl (C=O) groups excluding carboxylic acids is 1. The summed E-state index contributed by atoms with van der Waals surface area (Å²) in [7, 11) is 1.66. The number of piperidine rings is 1. The third kappa shape index (κ3) is 4.72. The van der Waals surface area contributed by atoms with Gasteiger partial charge in [0.1, 0.15) is 11.5 Å². The second kappa shape index (κ2) is 9.77. The van der Waals surface area contributed by atoms with Gasteiger partial charge in [0.05, 0.1) is 41.0 Å². The first-order valence-corrected chi connectivity index (χ1v) is 12.2. The van der Waals surface area contributed by atoms with Crippen molar-refractivity contribution >= 4 is 17.2 Å². The Morgan fingerprint density at radius 1 is 1.21 bits per heavy atom. The SMILES string of the molecule is COc1ccc(Cc2cnc([C@@H]3CCCN(C(=O)c4ccnc(-c5scnc5C)c4)C3)o2)cc1. The van der Waals surface area contributed by atoms with Crippen LogP contribution in [0.25, 0.3) is 10.6 Å². The van der Waals surface area contributed by atoms with Crippen LogP contribution < -0.4 is 4.74 Å². The fourth-order valence-corrected chi connectivity index (χ4v) is 5.09. The van der Waals surface area contributed by atoms with E-state index >= 15 is 0 Å². The number of carbonyl (C=O) groups is 1. The number of rotatable bonds is 6. The van der Waals surface area contributed by atoms with Crippen LogP contribution in [-0.2, 0) is 6.42 Å². The summed E-state index contributed by atoms with van der Waals surface area (Å²) in [5, 5.41) is 0. The molecule has 4 heterocycles. The molecule has 0 saturated carbocycles. The van der Waals surface area contributed by atoms with Crippen molar-refractivity contribution in [1.82, 2.24) is 19.9 Å². The minimum absolute atomic E-state index is 0.0144. The van der Waals surface area contributed by atoms with E-state index in [0.717, 1.165) is 52.7 Å². The average molecular weight is 475 g/mol. The van der Waals surface area contributed by atoms with Gasteiger partial charge in [-0.2, -0.15) is 0 Å². The van der Waals surface area contributed by atoms with Gasteiger partial charge < -0.3 is 14.1 Å². The van der Waals surface area contributed by atoms with Crippen LogP contribution >= 0.6 is 11.3 Å². The van der Waals surface area contributed by atoms with Crippen molar-refractivity contribution in [3.63, 3.8) is 0 Å². The maximum atomic E-state index is 13.3. The lowest BCUT2D eigenvalue weighted by atomic mass is 9.97. The second-order valence-corrected chi connectivity index (χ2v) is 9.33. The van der Waals surface area contributed by atoms with E-state index in [2.05, 4.69) is 15.0 Å². The molecule has 0 unspecified atom stereocenters. The number of aryl methyl sites for hydroxylation is 1. The van der Waals surface area contributed by atoms with E-state index in [9.17, 15) is 4.79 Å². The Bertz CT molecular complexity index is 1280. The topological polar surface area (TPSA) is 81.4 Å². The number of thiazole rings is 1. The molecule has 34 heavy (non-hydrogen) atoms. The largest absolute Gasteiger partial charge is 0.497 e. The van der Waals surface area contributed by atoms with E-state index in [-0.39, 0.29) is 11.8 Å². The first-order chi connectivity index (χ1) is 16.6. The predicted octanol–water partition coefficient (Wildman–Crippen LogP) is 5.12. The Morgan fingerprint density at radius 2 is 2.06 bits per heavy atom. The molecule has 174 valence electrons. The van der Waals surface area contributed by atoms with Crippen LogP contribution in [0.15, 0.2) is 58.7 Å². The molecule has 8 heteroatoms. The number of amides is 1. The van der Waals surface area contributed by atoms with Gasteiger partial charge in [0.2, 0.25) is 0 Å². The molecular weight excluding hydrogens is 448 g/mol. The summed E-state index contributed by atoms with van der Waals surface area (Å²) in [6.45, 7) is 3.28. The highest BCUT2D eigenvalue weighted by Gasteiger charge is 2.28. The fourth-order valence-electron chi connectivity index (χ4n) is 4.32. The Morgan fingerprint density at radius 3 is 2.82 bits per heavy atom. The van der Waals surface area contributed by atoms with Crippen LogP contribution in [0.4, 0.5) is 0 Å². The molecular formula is C26H26N4O3S. The van der Waals surface area contributed by atoms with Crippen molar-refractivity contribution in [2.75, 3.05) is 20.2 Å². The Balaban J connectivity index is 1.27. The number of benzene rings is 1. The van der Waals surface area contributed by atoms with Gasteiger partial charge in [-0.05, 0) is 49.6 Å². The van der Waals surface area contributed by atoms with E-state index in [4.69, 9.17) is 9.15 Å². The second-order valence-electron chi connectivity index (χ2n) is 8.48. The molecule has 1 atom stereocenters. The van der Waals surface area contributed by atoms with Gasteiger partial charge in [-0.3, -0.25) is 9.78 Å². The molecule has 1 aromatic carbocycles. The van der Waals surface area contributed by atoms with E-state index in [1.165, 1.54) is 11.3 Å². The number of hydrogen-bond acceptors (Lipinski definition) is 7. The Kier molecular flexibility index (Phi) is 6.40. The number of hydrogen-bond donors (Lipinski definition) is 0. The third-order valence-corrected chi connectivity index (χ3v) is 7.10. The van der Waals surface area contributed by atoms with Gasteiger partial charge in [0, 0.05) is 31.3 Å².